The number of ether oxygens (including phenoxy) is 1. The highest BCUT2D eigenvalue weighted by molar-refractivity contribution is 8.18. The van der Waals surface area contributed by atoms with E-state index < -0.39 is 16.9 Å². The molecule has 0 aromatic rings. The summed E-state index contributed by atoms with van der Waals surface area (Å²) in [6, 6.07) is 0. The average Bonchev–Trinajstić information content (AvgIpc) is 3.03. The third kappa shape index (κ3) is 40.1. The third-order valence-electron chi connectivity index (χ3n) is 3.66. The summed E-state index contributed by atoms with van der Waals surface area (Å²) >= 11 is 16.8. The lowest BCUT2D eigenvalue weighted by Gasteiger charge is -2.06. The number of hydrogen-bond acceptors (Lipinski definition) is 21. The molecule has 2 amide bonds. The minimum absolute atomic E-state index is 0.0249. The summed E-state index contributed by atoms with van der Waals surface area (Å²) in [7, 11) is -1.08. The topological polar surface area (TPSA) is 168 Å². The molecule has 0 aliphatic heterocycles. The third-order valence-corrected chi connectivity index (χ3v) is 15.9. The fraction of sp³-hybridized carbons (Fsp3) is 0.810. The second-order valence-corrected chi connectivity index (χ2v) is 21.0. The van der Waals surface area contributed by atoms with Gasteiger partial charge < -0.3 is 30.5 Å². The monoisotopic (exact) mass is 860 g/mol. The van der Waals surface area contributed by atoms with Crippen LogP contribution in [-0.4, -0.2) is 133 Å². The van der Waals surface area contributed by atoms with E-state index in [4.69, 9.17) is 24.7 Å². The summed E-state index contributed by atoms with van der Waals surface area (Å²) in [6.45, 7) is 0. The number of hydrogen-bond donors (Lipinski definition) is 4. The van der Waals surface area contributed by atoms with Gasteiger partial charge in [-0.2, -0.15) is 28.4 Å². The van der Waals surface area contributed by atoms with E-state index in [2.05, 4.69) is 20.6 Å². The van der Waals surface area contributed by atoms with Gasteiger partial charge in [0, 0.05) is 48.4 Å². The number of aliphatic hydroxyl groups excluding tert-OH is 2. The van der Waals surface area contributed by atoms with Crippen LogP contribution in [0.15, 0.2) is 9.98 Å². The first-order chi connectivity index (χ1) is 22.1. The van der Waals surface area contributed by atoms with E-state index in [1.54, 1.807) is 58.8 Å². The molecule has 0 heterocycles. The predicted octanol–water partition coefficient (Wildman–Crippen LogP) is 5.67. The van der Waals surface area contributed by atoms with Crippen LogP contribution in [0.4, 0.5) is 9.59 Å². The van der Waals surface area contributed by atoms with Crippen LogP contribution < -0.4 is 10.6 Å². The first-order valence-corrected chi connectivity index (χ1v) is 26.5. The van der Waals surface area contributed by atoms with Gasteiger partial charge in [0.05, 0.1) is 51.7 Å². The van der Waals surface area contributed by atoms with E-state index in [0.717, 1.165) is 37.6 Å². The van der Waals surface area contributed by atoms with Crippen LogP contribution in [0.3, 0.4) is 0 Å². The number of alkyl carbamates (subject to hydrolysis) is 1. The normalized spacial score (nSPS) is 12.1. The van der Waals surface area contributed by atoms with Crippen molar-refractivity contribution in [2.75, 3.05) is 95.7 Å². The first-order valence-electron chi connectivity index (χ1n) is 12.5. The molecule has 24 heteroatoms. The zero-order valence-corrected chi connectivity index (χ0v) is 34.1. The molecule has 0 radical (unpaired) electrons. The predicted molar refractivity (Wildman–Crippen MR) is 216 cm³/mol. The minimum atomic E-state index is -1.08. The number of amides is 2. The van der Waals surface area contributed by atoms with Crippen LogP contribution in [-0.2, 0) is 25.3 Å². The Balaban J connectivity index is 3.39. The lowest BCUT2D eigenvalue weighted by molar-refractivity contribution is -0.196. The van der Waals surface area contributed by atoms with Crippen molar-refractivity contribution in [2.45, 2.75) is 0 Å². The largest absolute Gasteiger partial charge is 0.438 e. The summed E-state index contributed by atoms with van der Waals surface area (Å²) in [5, 5.41) is 26.6. The number of thioether (sulfide) groups is 11. The molecule has 0 fully saturated rings. The standard InChI is InChI=1S/C21H40N4O8S12/c26-11-40-18-42-13-31-20(28)24-8-38-17-37-7-23-10-45(30)4-3-35-15-34-1-2-44-21(29)25-9-39-16-36-6-22-5-32-33-14-43-19-41-12-27/h5,10,26-27H,1-4,6-9,11-19H2,(H,24,28)(H,25,29)/b22-5+,23-10+. The van der Waals surface area contributed by atoms with Crippen molar-refractivity contribution in [1.82, 2.24) is 10.6 Å². The molecule has 4 N–H and O–H groups in total. The van der Waals surface area contributed by atoms with Gasteiger partial charge in [-0.25, -0.2) is 9.79 Å². The summed E-state index contributed by atoms with van der Waals surface area (Å²) in [5.41, 5.74) is 1.50. The van der Waals surface area contributed by atoms with E-state index >= 15 is 0 Å². The molecule has 0 saturated heterocycles. The molecule has 1 atom stereocenters. The Hall–Kier alpha value is 1.76. The number of aliphatic hydroxyl groups is 2. The van der Waals surface area contributed by atoms with Crippen molar-refractivity contribution in [2.24, 2.45) is 9.98 Å². The maximum absolute atomic E-state index is 12.0. The lowest BCUT2D eigenvalue weighted by atomic mass is 11.0. The molecule has 45 heavy (non-hydrogen) atoms. The molecule has 0 bridgehead atoms. The van der Waals surface area contributed by atoms with Gasteiger partial charge in [-0.3, -0.25) is 14.0 Å². The quantitative estimate of drug-likeness (QED) is 0.0159. The molecule has 0 aromatic heterocycles. The van der Waals surface area contributed by atoms with Crippen molar-refractivity contribution < 1.29 is 38.5 Å². The van der Waals surface area contributed by atoms with Gasteiger partial charge in [-0.1, -0.05) is 11.8 Å². The molecule has 12 nitrogen and oxygen atoms in total. The highest BCUT2D eigenvalue weighted by Crippen LogP contribution is 2.16. The SMILES string of the molecule is O=C(NCSCSC/N=C/S(=O)CCSCSCCSC(=O)NCSCSC/N=C/OOCSCSCO)OCSCSCO. The van der Waals surface area contributed by atoms with Gasteiger partial charge in [0.2, 0.25) is 6.40 Å². The second kappa shape index (κ2) is 40.2. The Kier molecular flexibility index (Phi) is 41.8. The maximum Gasteiger partial charge on any atom is 0.408 e. The molecule has 0 spiro atoms. The molecule has 0 aliphatic rings. The van der Waals surface area contributed by atoms with Crippen LogP contribution in [0.1, 0.15) is 0 Å². The molecular formula is C21H40N4O8S12. The van der Waals surface area contributed by atoms with Crippen molar-refractivity contribution in [3.05, 3.63) is 0 Å². The van der Waals surface area contributed by atoms with E-state index in [1.165, 1.54) is 82.5 Å². The van der Waals surface area contributed by atoms with Crippen LogP contribution in [0.25, 0.3) is 0 Å². The van der Waals surface area contributed by atoms with Gasteiger partial charge in [-0.15, -0.1) is 94.1 Å². The highest BCUT2D eigenvalue weighted by atomic mass is 32.2. The van der Waals surface area contributed by atoms with Crippen LogP contribution in [0.2, 0.25) is 0 Å². The Morgan fingerprint density at radius 1 is 0.711 bits per heavy atom. The van der Waals surface area contributed by atoms with Crippen LogP contribution in [0, 0.1) is 0 Å². The van der Waals surface area contributed by atoms with E-state index in [9.17, 15) is 13.8 Å². The van der Waals surface area contributed by atoms with Crippen molar-refractivity contribution in [1.29, 1.82) is 0 Å². The van der Waals surface area contributed by atoms with Crippen molar-refractivity contribution in [3.63, 3.8) is 0 Å². The Bertz CT molecular complexity index is 783. The van der Waals surface area contributed by atoms with E-state index in [-0.39, 0.29) is 23.1 Å². The number of nitrogens with zero attached hydrogens (tertiary/aromatic N) is 2. The van der Waals surface area contributed by atoms with Gasteiger partial charge >= 0.3 is 6.09 Å². The van der Waals surface area contributed by atoms with E-state index in [1.807, 2.05) is 0 Å². The summed E-state index contributed by atoms with van der Waals surface area (Å²) in [4.78, 5) is 41.3. The average molecular weight is 861 g/mol. The number of rotatable bonds is 33. The molecule has 1 unspecified atom stereocenters. The van der Waals surface area contributed by atoms with E-state index in [0.29, 0.717) is 40.3 Å². The fourth-order valence-corrected chi connectivity index (χ4v) is 11.5. The number of aliphatic imine (C=N–C) groups is 2. The maximum atomic E-state index is 12.0. The number of carbonyl (C=O) groups excluding carboxylic acids is 2. The minimum Gasteiger partial charge on any atom is -0.438 e. The highest BCUT2D eigenvalue weighted by Gasteiger charge is 2.03. The number of nitrogens with one attached hydrogen (secondary N) is 2. The van der Waals surface area contributed by atoms with Crippen molar-refractivity contribution in [3.8, 4) is 0 Å². The zero-order valence-electron chi connectivity index (χ0n) is 24.3. The van der Waals surface area contributed by atoms with Crippen molar-refractivity contribution >= 4 is 163 Å². The number of carbonyl (C=O) groups is 2. The van der Waals surface area contributed by atoms with Crippen LogP contribution >= 0.6 is 129 Å². The zero-order chi connectivity index (χ0) is 32.9. The van der Waals surface area contributed by atoms with Gasteiger partial charge in [0.1, 0.15) is 11.9 Å². The fourth-order valence-electron chi connectivity index (χ4n) is 1.89. The van der Waals surface area contributed by atoms with Gasteiger partial charge in [-0.05, 0) is 0 Å². The van der Waals surface area contributed by atoms with Crippen LogP contribution in [0.5, 0.6) is 0 Å². The summed E-state index contributed by atoms with van der Waals surface area (Å²) in [5.74, 6) is 5.79. The molecule has 0 rings (SSSR count). The molecular weight excluding hydrogens is 821 g/mol. The Labute approximate surface area is 315 Å². The molecule has 264 valence electrons. The Morgan fingerprint density at radius 2 is 1.33 bits per heavy atom. The second-order valence-electron chi connectivity index (χ2n) is 6.88. The van der Waals surface area contributed by atoms with Gasteiger partial charge in [0.25, 0.3) is 5.24 Å². The smallest absolute Gasteiger partial charge is 0.408 e. The van der Waals surface area contributed by atoms with Gasteiger partial charge in [0.15, 0.2) is 0 Å². The molecule has 0 aromatic carbocycles. The Morgan fingerprint density at radius 3 is 2.07 bits per heavy atom. The lowest BCUT2D eigenvalue weighted by Crippen LogP contribution is -2.23. The summed E-state index contributed by atoms with van der Waals surface area (Å²) in [6.07, 6.45) is 0.804. The molecule has 0 saturated carbocycles. The molecule has 0 aliphatic carbocycles. The summed E-state index contributed by atoms with van der Waals surface area (Å²) < 4.78 is 17.0. The first kappa shape index (κ1) is 46.8.